The maximum atomic E-state index is 13.6. The van der Waals surface area contributed by atoms with Gasteiger partial charge in [-0.15, -0.1) is 0 Å². The Morgan fingerprint density at radius 3 is 2.73 bits per heavy atom. The van der Waals surface area contributed by atoms with Crippen molar-refractivity contribution in [2.45, 2.75) is 0 Å². The minimum Gasteiger partial charge on any atom is -0.263 e. The fraction of sp³-hybridized carbons (Fsp3) is 0. The van der Waals surface area contributed by atoms with E-state index in [9.17, 15) is 8.78 Å². The van der Waals surface area contributed by atoms with Crippen molar-refractivity contribution in [2.24, 2.45) is 0 Å². The lowest BCUT2D eigenvalue weighted by Gasteiger charge is -2.03. The summed E-state index contributed by atoms with van der Waals surface area (Å²) in [7, 11) is 0. The van der Waals surface area contributed by atoms with Crippen LogP contribution in [-0.4, -0.2) is 4.98 Å². The van der Waals surface area contributed by atoms with Crippen LogP contribution in [0.1, 0.15) is 5.56 Å². The fourth-order valence-corrected chi connectivity index (χ4v) is 1.64. The Balaban J connectivity index is 3.01. The Kier molecular flexibility index (Phi) is 2.37. The molecular weight excluding hydrogens is 266 g/mol. The number of pyridine rings is 1. The van der Waals surface area contributed by atoms with Crippen LogP contribution in [0, 0.1) is 23.0 Å². The lowest BCUT2D eigenvalue weighted by atomic mass is 10.1. The van der Waals surface area contributed by atoms with Crippen LogP contribution in [0.5, 0.6) is 0 Å². The third kappa shape index (κ3) is 1.47. The van der Waals surface area contributed by atoms with Crippen LogP contribution in [0.15, 0.2) is 22.9 Å². The Morgan fingerprint density at radius 1 is 1.33 bits per heavy atom. The van der Waals surface area contributed by atoms with Crippen LogP contribution >= 0.6 is 15.9 Å². The Hall–Kier alpha value is -1.54. The maximum Gasteiger partial charge on any atom is 0.149 e. The summed E-state index contributed by atoms with van der Waals surface area (Å²) in [6.45, 7) is 0. The normalized spacial score (nSPS) is 10.3. The second-order valence-electron chi connectivity index (χ2n) is 2.88. The zero-order valence-corrected chi connectivity index (χ0v) is 8.85. The fourth-order valence-electron chi connectivity index (χ4n) is 1.33. The minimum atomic E-state index is -0.774. The van der Waals surface area contributed by atoms with Gasteiger partial charge in [0.2, 0.25) is 0 Å². The summed E-state index contributed by atoms with van der Waals surface area (Å²) in [4.78, 5) is 3.72. The third-order valence-corrected chi connectivity index (χ3v) is 2.73. The standard InChI is InChI=1S/C10H3BrF2N2/c11-9-7(12)1-5-3-15-4-6(2-14)8(5)10(9)13/h1,3-4H. The molecule has 2 nitrogen and oxygen atoms in total. The average molecular weight is 269 g/mol. The molecule has 0 atom stereocenters. The predicted octanol–water partition coefficient (Wildman–Crippen LogP) is 3.15. The molecule has 2 rings (SSSR count). The molecule has 74 valence electrons. The summed E-state index contributed by atoms with van der Waals surface area (Å²) in [5, 5.41) is 9.11. The summed E-state index contributed by atoms with van der Waals surface area (Å²) < 4.78 is 26.5. The molecule has 1 aromatic carbocycles. The van der Waals surface area contributed by atoms with Crippen molar-refractivity contribution in [3.05, 3.63) is 40.1 Å². The van der Waals surface area contributed by atoms with Gasteiger partial charge in [-0.2, -0.15) is 5.26 Å². The van der Waals surface area contributed by atoms with Crippen molar-refractivity contribution in [3.63, 3.8) is 0 Å². The topological polar surface area (TPSA) is 36.7 Å². The zero-order chi connectivity index (χ0) is 11.0. The van der Waals surface area contributed by atoms with Crippen molar-refractivity contribution in [2.75, 3.05) is 0 Å². The van der Waals surface area contributed by atoms with E-state index in [-0.39, 0.29) is 20.8 Å². The van der Waals surface area contributed by atoms with Gasteiger partial charge in [0.15, 0.2) is 0 Å². The summed E-state index contributed by atoms with van der Waals surface area (Å²) in [6, 6.07) is 2.95. The highest BCUT2D eigenvalue weighted by Crippen LogP contribution is 2.29. The first kappa shape index (κ1) is 9.99. The molecule has 2 aromatic rings. The number of hydrogen-bond donors (Lipinski definition) is 0. The van der Waals surface area contributed by atoms with Crippen LogP contribution < -0.4 is 0 Å². The number of nitriles is 1. The Bertz CT molecular complexity index is 590. The molecule has 0 saturated heterocycles. The molecule has 5 heteroatoms. The van der Waals surface area contributed by atoms with Crippen LogP contribution in [0.4, 0.5) is 8.78 Å². The summed E-state index contributed by atoms with van der Waals surface area (Å²) >= 11 is 2.78. The molecule has 0 aliphatic heterocycles. The number of benzene rings is 1. The average Bonchev–Trinajstić information content (AvgIpc) is 2.25. The van der Waals surface area contributed by atoms with E-state index in [4.69, 9.17) is 5.26 Å². The van der Waals surface area contributed by atoms with E-state index in [0.717, 1.165) is 6.07 Å². The predicted molar refractivity (Wildman–Crippen MR) is 54.1 cm³/mol. The molecule has 0 spiro atoms. The first-order valence-corrected chi connectivity index (χ1v) is 4.75. The van der Waals surface area contributed by atoms with E-state index < -0.39 is 11.6 Å². The molecule has 0 aliphatic carbocycles. The van der Waals surface area contributed by atoms with Crippen molar-refractivity contribution in [1.82, 2.24) is 4.98 Å². The van der Waals surface area contributed by atoms with Gasteiger partial charge in [0, 0.05) is 23.2 Å². The Labute approximate surface area is 92.3 Å². The minimum absolute atomic E-state index is 0.0841. The van der Waals surface area contributed by atoms with E-state index in [1.807, 2.05) is 6.07 Å². The van der Waals surface area contributed by atoms with Crippen molar-refractivity contribution >= 4 is 26.7 Å². The molecule has 0 amide bonds. The van der Waals surface area contributed by atoms with E-state index >= 15 is 0 Å². The highest BCUT2D eigenvalue weighted by atomic mass is 79.9. The van der Waals surface area contributed by atoms with Gasteiger partial charge in [-0.25, -0.2) is 8.78 Å². The van der Waals surface area contributed by atoms with Gasteiger partial charge in [-0.1, -0.05) is 0 Å². The van der Waals surface area contributed by atoms with Crippen molar-refractivity contribution in [3.8, 4) is 6.07 Å². The molecule has 15 heavy (non-hydrogen) atoms. The molecule has 0 saturated carbocycles. The van der Waals surface area contributed by atoms with Gasteiger partial charge in [0.05, 0.1) is 10.0 Å². The van der Waals surface area contributed by atoms with Gasteiger partial charge in [-0.05, 0) is 22.0 Å². The van der Waals surface area contributed by atoms with E-state index in [2.05, 4.69) is 20.9 Å². The second kappa shape index (κ2) is 3.55. The Morgan fingerprint density at radius 2 is 2.07 bits per heavy atom. The second-order valence-corrected chi connectivity index (χ2v) is 3.68. The van der Waals surface area contributed by atoms with Crippen LogP contribution in [0.3, 0.4) is 0 Å². The van der Waals surface area contributed by atoms with Gasteiger partial charge in [0.1, 0.15) is 17.7 Å². The molecule has 0 N–H and O–H groups in total. The quantitative estimate of drug-likeness (QED) is 0.689. The monoisotopic (exact) mass is 268 g/mol. The molecule has 1 aromatic heterocycles. The van der Waals surface area contributed by atoms with E-state index in [1.165, 1.54) is 12.4 Å². The molecule has 1 heterocycles. The smallest absolute Gasteiger partial charge is 0.149 e. The number of nitrogens with zero attached hydrogens (tertiary/aromatic N) is 2. The maximum absolute atomic E-state index is 13.6. The van der Waals surface area contributed by atoms with Crippen LogP contribution in [0.25, 0.3) is 10.8 Å². The lowest BCUT2D eigenvalue weighted by molar-refractivity contribution is 0.580. The largest absolute Gasteiger partial charge is 0.263 e. The molecule has 0 fully saturated rings. The highest BCUT2D eigenvalue weighted by Gasteiger charge is 2.14. The van der Waals surface area contributed by atoms with Gasteiger partial charge >= 0.3 is 0 Å². The molecule has 0 radical (unpaired) electrons. The summed E-state index contributed by atoms with van der Waals surface area (Å²) in [5.41, 5.74) is 0.0886. The molecule has 0 bridgehead atoms. The van der Waals surface area contributed by atoms with Gasteiger partial charge in [-0.3, -0.25) is 4.98 Å². The number of halogens is 3. The third-order valence-electron chi connectivity index (χ3n) is 2.00. The summed E-state index contributed by atoms with van der Waals surface area (Å²) in [5.74, 6) is -1.49. The van der Waals surface area contributed by atoms with Crippen molar-refractivity contribution in [1.29, 1.82) is 5.26 Å². The van der Waals surface area contributed by atoms with E-state index in [1.54, 1.807) is 0 Å². The molecule has 0 unspecified atom stereocenters. The first-order valence-electron chi connectivity index (χ1n) is 3.96. The van der Waals surface area contributed by atoms with Crippen molar-refractivity contribution < 1.29 is 8.78 Å². The van der Waals surface area contributed by atoms with E-state index in [0.29, 0.717) is 0 Å². The van der Waals surface area contributed by atoms with Crippen LogP contribution in [-0.2, 0) is 0 Å². The number of rotatable bonds is 0. The molecular formula is C10H3BrF2N2. The zero-order valence-electron chi connectivity index (χ0n) is 7.26. The first-order chi connectivity index (χ1) is 7.15. The van der Waals surface area contributed by atoms with Crippen LogP contribution in [0.2, 0.25) is 0 Å². The highest BCUT2D eigenvalue weighted by molar-refractivity contribution is 9.10. The molecule has 0 aliphatic rings. The lowest BCUT2D eigenvalue weighted by Crippen LogP contribution is -1.91. The summed E-state index contributed by atoms with van der Waals surface area (Å²) in [6.07, 6.45) is 2.56. The number of aromatic nitrogens is 1. The SMILES string of the molecule is N#Cc1cncc2cc(F)c(Br)c(F)c12. The number of fused-ring (bicyclic) bond motifs is 1. The van der Waals surface area contributed by atoms with Gasteiger partial charge < -0.3 is 0 Å². The number of hydrogen-bond acceptors (Lipinski definition) is 2. The van der Waals surface area contributed by atoms with Gasteiger partial charge in [0.25, 0.3) is 0 Å².